The van der Waals surface area contributed by atoms with Gasteiger partial charge < -0.3 is 10.1 Å². The monoisotopic (exact) mass is 444 g/mol. The summed E-state index contributed by atoms with van der Waals surface area (Å²) in [5.41, 5.74) is -1.16. The molecule has 0 radical (unpaired) electrons. The van der Waals surface area contributed by atoms with Crippen molar-refractivity contribution < 1.29 is 35.9 Å². The standard InChI is InChI=1S/C19H19F3N2O5S/c1-12(17(25)23-15-8-5-7-14(11-15)19(20,21)22)29-18(26)13-6-4-9-16(10-13)30(27,28)24(2)3/h4-12H,1-3H3,(H,23,25). The minimum absolute atomic E-state index is 0.100. The van der Waals surface area contributed by atoms with Gasteiger partial charge in [-0.3, -0.25) is 4.79 Å². The highest BCUT2D eigenvalue weighted by molar-refractivity contribution is 7.89. The van der Waals surface area contributed by atoms with E-state index in [0.29, 0.717) is 0 Å². The van der Waals surface area contributed by atoms with Crippen molar-refractivity contribution in [1.29, 1.82) is 0 Å². The van der Waals surface area contributed by atoms with Crippen molar-refractivity contribution in [2.24, 2.45) is 0 Å². The summed E-state index contributed by atoms with van der Waals surface area (Å²) in [6, 6.07) is 9.07. The molecule has 7 nitrogen and oxygen atoms in total. The maximum absolute atomic E-state index is 12.8. The summed E-state index contributed by atoms with van der Waals surface area (Å²) in [5.74, 6) is -1.81. The van der Waals surface area contributed by atoms with Crippen LogP contribution in [0.4, 0.5) is 18.9 Å². The Balaban J connectivity index is 2.10. The van der Waals surface area contributed by atoms with Crippen molar-refractivity contribution in [3.63, 3.8) is 0 Å². The molecule has 2 rings (SSSR count). The van der Waals surface area contributed by atoms with Gasteiger partial charge in [-0.1, -0.05) is 12.1 Å². The lowest BCUT2D eigenvalue weighted by Crippen LogP contribution is -2.30. The van der Waals surface area contributed by atoms with E-state index in [0.717, 1.165) is 28.6 Å². The summed E-state index contributed by atoms with van der Waals surface area (Å²) in [6.07, 6.45) is -5.92. The first-order chi connectivity index (χ1) is 13.8. The van der Waals surface area contributed by atoms with Gasteiger partial charge in [-0.25, -0.2) is 17.5 Å². The molecule has 0 saturated carbocycles. The summed E-state index contributed by atoms with van der Waals surface area (Å²) >= 11 is 0. The predicted octanol–water partition coefficient (Wildman–Crippen LogP) is 3.14. The molecule has 0 heterocycles. The lowest BCUT2D eigenvalue weighted by molar-refractivity contribution is -0.137. The Morgan fingerprint density at radius 3 is 2.30 bits per heavy atom. The van der Waals surface area contributed by atoms with Crippen molar-refractivity contribution in [2.45, 2.75) is 24.1 Å². The molecule has 30 heavy (non-hydrogen) atoms. The molecule has 1 amide bonds. The number of esters is 1. The normalized spacial score (nSPS) is 13.0. The van der Waals surface area contributed by atoms with Crippen LogP contribution in [0.3, 0.4) is 0 Å². The van der Waals surface area contributed by atoms with E-state index in [2.05, 4.69) is 5.32 Å². The third-order valence-electron chi connectivity index (χ3n) is 3.96. The first kappa shape index (κ1) is 23.4. The maximum Gasteiger partial charge on any atom is 0.416 e. The van der Waals surface area contributed by atoms with Gasteiger partial charge in [-0.05, 0) is 43.3 Å². The number of alkyl halides is 3. The average Bonchev–Trinajstić information content (AvgIpc) is 2.67. The zero-order valence-corrected chi connectivity index (χ0v) is 17.0. The highest BCUT2D eigenvalue weighted by Crippen LogP contribution is 2.30. The highest BCUT2D eigenvalue weighted by atomic mass is 32.2. The predicted molar refractivity (Wildman–Crippen MR) is 102 cm³/mol. The molecule has 162 valence electrons. The topological polar surface area (TPSA) is 92.8 Å². The van der Waals surface area contributed by atoms with Gasteiger partial charge in [0.25, 0.3) is 5.91 Å². The van der Waals surface area contributed by atoms with E-state index in [1.54, 1.807) is 0 Å². The van der Waals surface area contributed by atoms with Crippen LogP contribution in [0.5, 0.6) is 0 Å². The second-order valence-electron chi connectivity index (χ2n) is 6.43. The van der Waals surface area contributed by atoms with E-state index in [-0.39, 0.29) is 16.1 Å². The lowest BCUT2D eigenvalue weighted by atomic mass is 10.2. The minimum Gasteiger partial charge on any atom is -0.449 e. The van der Waals surface area contributed by atoms with Crippen molar-refractivity contribution in [2.75, 3.05) is 19.4 Å². The van der Waals surface area contributed by atoms with Gasteiger partial charge in [0, 0.05) is 19.8 Å². The number of nitrogens with one attached hydrogen (secondary N) is 1. The molecular formula is C19H19F3N2O5S. The minimum atomic E-state index is -4.57. The fourth-order valence-corrected chi connectivity index (χ4v) is 3.24. The summed E-state index contributed by atoms with van der Waals surface area (Å²) in [7, 11) is -1.11. The van der Waals surface area contributed by atoms with Crippen LogP contribution in [0.25, 0.3) is 0 Å². The molecule has 1 N–H and O–H groups in total. The lowest BCUT2D eigenvalue weighted by Gasteiger charge is -2.15. The molecule has 1 unspecified atom stereocenters. The third kappa shape index (κ3) is 5.57. The van der Waals surface area contributed by atoms with Gasteiger partial charge >= 0.3 is 12.1 Å². The number of carbonyl (C=O) groups excluding carboxylic acids is 2. The Hall–Kier alpha value is -2.92. The van der Waals surface area contributed by atoms with E-state index in [4.69, 9.17) is 4.74 Å². The van der Waals surface area contributed by atoms with E-state index >= 15 is 0 Å². The van der Waals surface area contributed by atoms with Gasteiger partial charge in [0.15, 0.2) is 6.10 Å². The Bertz CT molecular complexity index is 1050. The van der Waals surface area contributed by atoms with E-state index in [9.17, 15) is 31.2 Å². The summed E-state index contributed by atoms with van der Waals surface area (Å²) in [4.78, 5) is 24.3. The zero-order valence-electron chi connectivity index (χ0n) is 16.2. The molecule has 0 aromatic heterocycles. The number of hydrogen-bond acceptors (Lipinski definition) is 5. The van der Waals surface area contributed by atoms with Crippen molar-refractivity contribution in [3.8, 4) is 0 Å². The van der Waals surface area contributed by atoms with Crippen molar-refractivity contribution >= 4 is 27.6 Å². The number of carbonyl (C=O) groups is 2. The van der Waals surface area contributed by atoms with E-state index in [1.807, 2.05) is 0 Å². The number of nitrogens with zero attached hydrogens (tertiary/aromatic N) is 1. The summed E-state index contributed by atoms with van der Waals surface area (Å²) in [6.45, 7) is 1.24. The number of sulfonamides is 1. The number of ether oxygens (including phenoxy) is 1. The molecule has 0 bridgehead atoms. The zero-order chi connectivity index (χ0) is 22.7. The molecule has 2 aromatic rings. The van der Waals surface area contributed by atoms with Crippen LogP contribution in [-0.2, 0) is 25.7 Å². The molecule has 0 aliphatic rings. The smallest absolute Gasteiger partial charge is 0.416 e. The third-order valence-corrected chi connectivity index (χ3v) is 5.77. The Morgan fingerprint density at radius 2 is 1.70 bits per heavy atom. The SMILES string of the molecule is CC(OC(=O)c1cccc(S(=O)(=O)N(C)C)c1)C(=O)Nc1cccc(C(F)(F)F)c1. The molecule has 0 saturated heterocycles. The second kappa shape index (κ2) is 8.84. The number of amides is 1. The fraction of sp³-hybridized carbons (Fsp3) is 0.263. The maximum atomic E-state index is 12.8. The van der Waals surface area contributed by atoms with Crippen LogP contribution in [0.1, 0.15) is 22.8 Å². The van der Waals surface area contributed by atoms with Crippen molar-refractivity contribution in [1.82, 2.24) is 4.31 Å². The summed E-state index contributed by atoms with van der Waals surface area (Å²) < 4.78 is 68.6. The van der Waals surface area contributed by atoms with Gasteiger partial charge in [0.1, 0.15) is 0 Å². The fourth-order valence-electron chi connectivity index (χ4n) is 2.29. The second-order valence-corrected chi connectivity index (χ2v) is 8.58. The molecule has 11 heteroatoms. The van der Waals surface area contributed by atoms with Crippen molar-refractivity contribution in [3.05, 3.63) is 59.7 Å². The average molecular weight is 444 g/mol. The van der Waals surface area contributed by atoms with Crippen LogP contribution in [0.2, 0.25) is 0 Å². The summed E-state index contributed by atoms with van der Waals surface area (Å²) in [5, 5.41) is 2.24. The van der Waals surface area contributed by atoms with Gasteiger partial charge in [0.2, 0.25) is 10.0 Å². The first-order valence-electron chi connectivity index (χ1n) is 8.54. The highest BCUT2D eigenvalue weighted by Gasteiger charge is 2.30. The first-order valence-corrected chi connectivity index (χ1v) is 9.98. The Kier molecular flexibility index (Phi) is 6.88. The molecule has 1 atom stereocenters. The number of rotatable bonds is 6. The Labute approximate surface area is 171 Å². The number of halogens is 3. The van der Waals surface area contributed by atoms with E-state index < -0.39 is 39.7 Å². The molecule has 0 aliphatic carbocycles. The number of anilines is 1. The molecule has 0 aliphatic heterocycles. The van der Waals surface area contributed by atoms with Gasteiger partial charge in [-0.2, -0.15) is 13.2 Å². The quantitative estimate of drug-likeness (QED) is 0.691. The van der Waals surface area contributed by atoms with Gasteiger partial charge in [0.05, 0.1) is 16.0 Å². The molecular weight excluding hydrogens is 425 g/mol. The van der Waals surface area contributed by atoms with E-state index in [1.165, 1.54) is 45.3 Å². The number of benzene rings is 2. The van der Waals surface area contributed by atoms with Gasteiger partial charge in [-0.15, -0.1) is 0 Å². The molecule has 0 fully saturated rings. The van der Waals surface area contributed by atoms with Crippen LogP contribution >= 0.6 is 0 Å². The molecule has 0 spiro atoms. The van der Waals surface area contributed by atoms with Crippen LogP contribution in [-0.4, -0.2) is 44.8 Å². The Morgan fingerprint density at radius 1 is 1.07 bits per heavy atom. The van der Waals surface area contributed by atoms with Crippen LogP contribution < -0.4 is 5.32 Å². The largest absolute Gasteiger partial charge is 0.449 e. The van der Waals surface area contributed by atoms with Crippen LogP contribution in [0, 0.1) is 0 Å². The molecule has 2 aromatic carbocycles. The van der Waals surface area contributed by atoms with Crippen LogP contribution in [0.15, 0.2) is 53.4 Å². The number of hydrogen-bond donors (Lipinski definition) is 1.